The van der Waals surface area contributed by atoms with Gasteiger partial charge in [-0.05, 0) is 17.7 Å². The van der Waals surface area contributed by atoms with Crippen molar-refractivity contribution >= 4 is 21.9 Å². The van der Waals surface area contributed by atoms with E-state index in [1.54, 1.807) is 13.2 Å². The molecule has 0 aliphatic carbocycles. The van der Waals surface area contributed by atoms with Crippen LogP contribution in [0.1, 0.15) is 23.7 Å². The Morgan fingerprint density at radius 2 is 2.35 bits per heavy atom. The van der Waals surface area contributed by atoms with Crippen LogP contribution in [0.15, 0.2) is 34.9 Å². The average Bonchev–Trinajstić information content (AvgIpc) is 2.80. The zero-order valence-electron chi connectivity index (χ0n) is 11.0. The van der Waals surface area contributed by atoms with Gasteiger partial charge >= 0.3 is 5.97 Å². The Labute approximate surface area is 124 Å². The summed E-state index contributed by atoms with van der Waals surface area (Å²) in [6, 6.07) is 7.34. The number of rotatable bonds is 6. The highest BCUT2D eigenvalue weighted by atomic mass is 79.9. The number of aliphatic carboxylic acids is 1. The molecule has 1 aromatic carbocycles. The second kappa shape index (κ2) is 6.62. The number of nitrogens with one attached hydrogen (secondary N) is 1. The zero-order valence-corrected chi connectivity index (χ0v) is 12.5. The number of halogens is 1. The Hall–Kier alpha value is -1.73. The first kappa shape index (κ1) is 14.7. The molecule has 0 spiro atoms. The van der Waals surface area contributed by atoms with Gasteiger partial charge in [-0.3, -0.25) is 4.79 Å². The summed E-state index contributed by atoms with van der Waals surface area (Å²) in [6.07, 6.45) is 1.67. The van der Waals surface area contributed by atoms with Gasteiger partial charge in [0.15, 0.2) is 0 Å². The lowest BCUT2D eigenvalue weighted by molar-refractivity contribution is -0.137. The first-order chi connectivity index (χ1) is 9.54. The molecule has 20 heavy (non-hydrogen) atoms. The summed E-state index contributed by atoms with van der Waals surface area (Å²) in [7, 11) is 1.74. The van der Waals surface area contributed by atoms with E-state index in [4.69, 9.17) is 5.11 Å². The fourth-order valence-electron chi connectivity index (χ4n) is 1.90. The van der Waals surface area contributed by atoms with Gasteiger partial charge in [0.05, 0.1) is 18.3 Å². The number of hydrogen-bond donors (Lipinski definition) is 2. The van der Waals surface area contributed by atoms with Crippen LogP contribution in [0, 0.1) is 0 Å². The van der Waals surface area contributed by atoms with Crippen LogP contribution in [-0.2, 0) is 18.4 Å². The minimum absolute atomic E-state index is 0.0106. The number of carbonyl (C=O) groups is 1. The van der Waals surface area contributed by atoms with Gasteiger partial charge in [-0.1, -0.05) is 28.1 Å². The normalized spacial score (nSPS) is 12.3. The lowest BCUT2D eigenvalue weighted by Crippen LogP contribution is -2.23. The summed E-state index contributed by atoms with van der Waals surface area (Å²) >= 11 is 3.40. The van der Waals surface area contributed by atoms with Crippen LogP contribution in [-0.4, -0.2) is 26.1 Å². The van der Waals surface area contributed by atoms with Crippen LogP contribution >= 0.6 is 15.9 Å². The molecule has 1 unspecified atom stereocenters. The molecule has 0 saturated heterocycles. The van der Waals surface area contributed by atoms with Crippen LogP contribution in [0.3, 0.4) is 0 Å². The molecule has 0 aliphatic heterocycles. The Morgan fingerprint density at radius 3 is 2.95 bits per heavy atom. The smallest absolute Gasteiger partial charge is 0.305 e. The van der Waals surface area contributed by atoms with E-state index in [9.17, 15) is 4.79 Å². The van der Waals surface area contributed by atoms with Crippen molar-refractivity contribution in [1.29, 1.82) is 0 Å². The van der Waals surface area contributed by atoms with Crippen molar-refractivity contribution < 1.29 is 9.90 Å². The van der Waals surface area contributed by atoms with Crippen LogP contribution in [0.5, 0.6) is 0 Å². The van der Waals surface area contributed by atoms with Crippen molar-refractivity contribution in [2.75, 3.05) is 0 Å². The molecule has 2 rings (SSSR count). The molecular weight excluding hydrogens is 324 g/mol. The monoisotopic (exact) mass is 338 g/mol. The minimum Gasteiger partial charge on any atom is -0.481 e. The summed E-state index contributed by atoms with van der Waals surface area (Å²) in [5.74, 6) is -0.846. The first-order valence-electron chi connectivity index (χ1n) is 6.10. The Balaban J connectivity index is 2.09. The molecule has 0 bridgehead atoms. The van der Waals surface area contributed by atoms with Crippen molar-refractivity contribution in [3.8, 4) is 0 Å². The number of benzene rings is 1. The molecule has 0 radical (unpaired) electrons. The van der Waals surface area contributed by atoms with Gasteiger partial charge in [-0.15, -0.1) is 0 Å². The molecule has 7 heteroatoms. The summed E-state index contributed by atoms with van der Waals surface area (Å²) in [5.41, 5.74) is 1.70. The predicted octanol–water partition coefficient (Wildman–Crippen LogP) is 1.88. The predicted molar refractivity (Wildman–Crippen MR) is 77.0 cm³/mol. The van der Waals surface area contributed by atoms with Gasteiger partial charge in [0, 0.05) is 24.1 Å². The fraction of sp³-hybridized carbons (Fsp3) is 0.308. The SMILES string of the molecule is Cn1ncc(CNC(CC(=O)O)c2cccc(Br)c2)n1. The maximum absolute atomic E-state index is 11.0. The zero-order chi connectivity index (χ0) is 14.5. The van der Waals surface area contributed by atoms with Gasteiger partial charge in [0.2, 0.25) is 0 Å². The molecule has 0 amide bonds. The maximum Gasteiger partial charge on any atom is 0.305 e. The highest BCUT2D eigenvalue weighted by Crippen LogP contribution is 2.21. The molecule has 2 N–H and O–H groups in total. The molecule has 2 aromatic rings. The molecular formula is C13H15BrN4O2. The van der Waals surface area contributed by atoms with E-state index in [-0.39, 0.29) is 12.5 Å². The number of aromatic nitrogens is 3. The average molecular weight is 339 g/mol. The molecule has 1 aromatic heterocycles. The summed E-state index contributed by atoms with van der Waals surface area (Å²) < 4.78 is 0.923. The van der Waals surface area contributed by atoms with Crippen LogP contribution < -0.4 is 5.32 Å². The summed E-state index contributed by atoms with van der Waals surface area (Å²) in [5, 5.41) is 20.4. The van der Waals surface area contributed by atoms with Gasteiger partial charge in [0.25, 0.3) is 0 Å². The minimum atomic E-state index is -0.846. The number of nitrogens with zero attached hydrogens (tertiary/aromatic N) is 3. The quantitative estimate of drug-likeness (QED) is 0.840. The molecule has 0 saturated carbocycles. The van der Waals surface area contributed by atoms with Crippen molar-refractivity contribution in [1.82, 2.24) is 20.3 Å². The molecule has 0 fully saturated rings. The largest absolute Gasteiger partial charge is 0.481 e. The van der Waals surface area contributed by atoms with E-state index in [1.165, 1.54) is 4.80 Å². The van der Waals surface area contributed by atoms with Crippen molar-refractivity contribution in [3.05, 3.63) is 46.2 Å². The maximum atomic E-state index is 11.0. The van der Waals surface area contributed by atoms with E-state index >= 15 is 0 Å². The standard InChI is InChI=1S/C13H15BrN4O2/c1-18-16-8-11(17-18)7-15-12(6-13(19)20)9-3-2-4-10(14)5-9/h2-5,8,12,15H,6-7H2,1H3,(H,19,20). The molecule has 0 aliphatic rings. The topological polar surface area (TPSA) is 80.0 Å². The molecule has 106 valence electrons. The summed E-state index contributed by atoms with van der Waals surface area (Å²) in [6.45, 7) is 0.471. The Bertz CT molecular complexity index is 600. The summed E-state index contributed by atoms with van der Waals surface area (Å²) in [4.78, 5) is 12.5. The van der Waals surface area contributed by atoms with Crippen molar-refractivity contribution in [2.45, 2.75) is 19.0 Å². The number of carboxylic acid groups (broad SMARTS) is 1. The van der Waals surface area contributed by atoms with E-state index in [0.717, 1.165) is 15.7 Å². The third-order valence-corrected chi connectivity index (χ3v) is 3.30. The molecule has 6 nitrogen and oxygen atoms in total. The van der Waals surface area contributed by atoms with Crippen LogP contribution in [0.25, 0.3) is 0 Å². The van der Waals surface area contributed by atoms with E-state index in [2.05, 4.69) is 31.4 Å². The Morgan fingerprint density at radius 1 is 1.55 bits per heavy atom. The third-order valence-electron chi connectivity index (χ3n) is 2.81. The first-order valence-corrected chi connectivity index (χ1v) is 6.90. The van der Waals surface area contributed by atoms with Gasteiger partial charge in [-0.25, -0.2) is 0 Å². The number of carboxylic acids is 1. The lowest BCUT2D eigenvalue weighted by Gasteiger charge is -2.17. The highest BCUT2D eigenvalue weighted by molar-refractivity contribution is 9.10. The second-order valence-corrected chi connectivity index (χ2v) is 5.33. The highest BCUT2D eigenvalue weighted by Gasteiger charge is 2.16. The fourth-order valence-corrected chi connectivity index (χ4v) is 2.32. The molecule has 1 heterocycles. The van der Waals surface area contributed by atoms with E-state index in [1.807, 2.05) is 24.3 Å². The van der Waals surface area contributed by atoms with Gasteiger partial charge in [0.1, 0.15) is 0 Å². The second-order valence-electron chi connectivity index (χ2n) is 4.41. The number of aryl methyl sites for hydroxylation is 1. The van der Waals surface area contributed by atoms with Gasteiger partial charge < -0.3 is 10.4 Å². The van der Waals surface area contributed by atoms with Crippen molar-refractivity contribution in [2.24, 2.45) is 7.05 Å². The van der Waals surface area contributed by atoms with Gasteiger partial charge in [-0.2, -0.15) is 15.0 Å². The van der Waals surface area contributed by atoms with Crippen LogP contribution in [0.2, 0.25) is 0 Å². The number of hydrogen-bond acceptors (Lipinski definition) is 4. The third kappa shape index (κ3) is 4.14. The Kier molecular flexibility index (Phi) is 4.86. The van der Waals surface area contributed by atoms with E-state index < -0.39 is 5.97 Å². The lowest BCUT2D eigenvalue weighted by atomic mass is 10.0. The molecule has 1 atom stereocenters. The van der Waals surface area contributed by atoms with Crippen LogP contribution in [0.4, 0.5) is 0 Å². The van der Waals surface area contributed by atoms with Crippen molar-refractivity contribution in [3.63, 3.8) is 0 Å². The van der Waals surface area contributed by atoms with E-state index in [0.29, 0.717) is 6.54 Å².